The highest BCUT2D eigenvalue weighted by molar-refractivity contribution is 7.17. The first kappa shape index (κ1) is 19.4. The second-order valence-electron chi connectivity index (χ2n) is 8.21. The molecular formula is C23H23N5O3S. The van der Waals surface area contributed by atoms with Gasteiger partial charge in [0.05, 0.1) is 12.0 Å². The average molecular weight is 450 g/mol. The first-order valence-corrected chi connectivity index (χ1v) is 11.4. The minimum absolute atomic E-state index is 0.122. The second kappa shape index (κ2) is 7.11. The van der Waals surface area contributed by atoms with Gasteiger partial charge in [-0.25, -0.2) is 4.98 Å². The lowest BCUT2D eigenvalue weighted by Gasteiger charge is -2.32. The van der Waals surface area contributed by atoms with Crippen molar-refractivity contribution in [1.29, 1.82) is 0 Å². The van der Waals surface area contributed by atoms with E-state index in [-0.39, 0.29) is 11.9 Å². The first-order chi connectivity index (χ1) is 15.5. The summed E-state index contributed by atoms with van der Waals surface area (Å²) in [6, 6.07) is 9.87. The third-order valence-corrected chi connectivity index (χ3v) is 7.23. The number of aromatic hydroxyl groups is 1. The number of nitrogens with zero attached hydrogens (tertiary/aromatic N) is 4. The molecule has 164 valence electrons. The van der Waals surface area contributed by atoms with Gasteiger partial charge in [0.1, 0.15) is 29.1 Å². The van der Waals surface area contributed by atoms with E-state index in [4.69, 9.17) is 9.15 Å². The highest BCUT2D eigenvalue weighted by Gasteiger charge is 2.34. The maximum absolute atomic E-state index is 11.0. The molecule has 0 spiro atoms. The number of methoxy groups -OCH3 is 1. The number of ether oxygens (including phenoxy) is 1. The summed E-state index contributed by atoms with van der Waals surface area (Å²) >= 11 is 1.45. The minimum atomic E-state index is -0.230. The Labute approximate surface area is 188 Å². The highest BCUT2D eigenvalue weighted by Crippen LogP contribution is 2.42. The van der Waals surface area contributed by atoms with Crippen molar-refractivity contribution in [1.82, 2.24) is 24.5 Å². The maximum Gasteiger partial charge on any atom is 0.230 e. The standard InChI is InChI=1S/C23H23N5O3S/c1-12-4-7-19(31-12)20(21-22(29)28-23(32-21)24-13(2)26-28)27-9-8-15-16-10-14(30-3)5-6-17(16)25-18(15)11-27/h4-7,10,20,25,29H,8-9,11H2,1-3H3. The van der Waals surface area contributed by atoms with Crippen LogP contribution in [0.25, 0.3) is 15.9 Å². The van der Waals surface area contributed by atoms with Crippen LogP contribution >= 0.6 is 11.3 Å². The molecule has 0 amide bonds. The molecule has 5 aromatic rings. The summed E-state index contributed by atoms with van der Waals surface area (Å²) in [5, 5.41) is 16.6. The normalized spacial score (nSPS) is 15.5. The van der Waals surface area contributed by atoms with E-state index in [0.29, 0.717) is 17.3 Å². The van der Waals surface area contributed by atoms with Crippen LogP contribution in [0.4, 0.5) is 0 Å². The zero-order chi connectivity index (χ0) is 22.0. The maximum atomic E-state index is 11.0. The van der Waals surface area contributed by atoms with Gasteiger partial charge >= 0.3 is 0 Å². The zero-order valence-electron chi connectivity index (χ0n) is 18.0. The van der Waals surface area contributed by atoms with E-state index in [2.05, 4.69) is 32.1 Å². The Balaban J connectivity index is 1.44. The number of aromatic nitrogens is 4. The Morgan fingerprint density at radius 3 is 2.88 bits per heavy atom. The van der Waals surface area contributed by atoms with Crippen molar-refractivity contribution in [2.75, 3.05) is 13.7 Å². The Morgan fingerprint density at radius 1 is 1.25 bits per heavy atom. The highest BCUT2D eigenvalue weighted by atomic mass is 32.1. The van der Waals surface area contributed by atoms with Crippen LogP contribution in [0.2, 0.25) is 0 Å². The number of thiazole rings is 1. The molecular weight excluding hydrogens is 426 g/mol. The fraction of sp³-hybridized carbons (Fsp3) is 0.304. The molecule has 0 bridgehead atoms. The van der Waals surface area contributed by atoms with Gasteiger partial charge in [0.2, 0.25) is 10.8 Å². The van der Waals surface area contributed by atoms with E-state index in [9.17, 15) is 5.11 Å². The summed E-state index contributed by atoms with van der Waals surface area (Å²) in [6.45, 7) is 5.30. The number of aryl methyl sites for hydroxylation is 2. The molecule has 2 N–H and O–H groups in total. The third kappa shape index (κ3) is 2.92. The molecule has 1 aliphatic rings. The Kier molecular flexibility index (Phi) is 4.31. The molecule has 0 radical (unpaired) electrons. The lowest BCUT2D eigenvalue weighted by atomic mass is 10.0. The number of rotatable bonds is 4. The molecule has 0 saturated heterocycles. The molecule has 5 heterocycles. The molecule has 9 heteroatoms. The average Bonchev–Trinajstić information content (AvgIpc) is 3.53. The summed E-state index contributed by atoms with van der Waals surface area (Å²) in [4.78, 5) is 11.8. The number of aromatic amines is 1. The molecule has 32 heavy (non-hydrogen) atoms. The van der Waals surface area contributed by atoms with E-state index >= 15 is 0 Å². The van der Waals surface area contributed by atoms with E-state index < -0.39 is 0 Å². The SMILES string of the molecule is COc1ccc2[nH]c3c(c2c1)CCN(C(c1ccc(C)o1)c1sc2nc(C)nn2c1O)C3. The van der Waals surface area contributed by atoms with Gasteiger partial charge in [-0.1, -0.05) is 11.3 Å². The van der Waals surface area contributed by atoms with Crippen LogP contribution in [0.3, 0.4) is 0 Å². The quantitative estimate of drug-likeness (QED) is 0.424. The van der Waals surface area contributed by atoms with Gasteiger partial charge in [0, 0.05) is 29.7 Å². The summed E-state index contributed by atoms with van der Waals surface area (Å²) in [7, 11) is 1.69. The topological polar surface area (TPSA) is 91.8 Å². The monoisotopic (exact) mass is 449 g/mol. The van der Waals surface area contributed by atoms with E-state index in [1.54, 1.807) is 7.11 Å². The molecule has 8 nitrogen and oxygen atoms in total. The fourth-order valence-corrected chi connectivity index (χ4v) is 5.83. The fourth-order valence-electron chi connectivity index (χ4n) is 4.69. The van der Waals surface area contributed by atoms with Gasteiger partial charge in [0.15, 0.2) is 0 Å². The Hall–Kier alpha value is -3.30. The molecule has 0 saturated carbocycles. The number of fused-ring (bicyclic) bond motifs is 4. The Bertz CT molecular complexity index is 1460. The number of H-pyrrole nitrogens is 1. The van der Waals surface area contributed by atoms with Crippen LogP contribution < -0.4 is 4.74 Å². The van der Waals surface area contributed by atoms with Crippen LogP contribution in [0.15, 0.2) is 34.7 Å². The molecule has 1 unspecified atom stereocenters. The van der Waals surface area contributed by atoms with Gasteiger partial charge in [-0.3, -0.25) is 4.90 Å². The first-order valence-electron chi connectivity index (χ1n) is 10.5. The molecule has 4 aromatic heterocycles. The Morgan fingerprint density at radius 2 is 2.12 bits per heavy atom. The summed E-state index contributed by atoms with van der Waals surface area (Å²) in [5.74, 6) is 3.27. The van der Waals surface area contributed by atoms with Crippen molar-refractivity contribution in [2.24, 2.45) is 0 Å². The lowest BCUT2D eigenvalue weighted by molar-refractivity contribution is 0.182. The molecule has 1 aromatic carbocycles. The van der Waals surface area contributed by atoms with Crippen molar-refractivity contribution < 1.29 is 14.3 Å². The number of hydrogen-bond donors (Lipinski definition) is 2. The largest absolute Gasteiger partial charge is 0.497 e. The predicted molar refractivity (Wildman–Crippen MR) is 122 cm³/mol. The number of benzene rings is 1. The molecule has 0 fully saturated rings. The van der Waals surface area contributed by atoms with E-state index in [0.717, 1.165) is 40.6 Å². The van der Waals surface area contributed by atoms with E-state index in [1.807, 2.05) is 32.0 Å². The van der Waals surface area contributed by atoms with Crippen LogP contribution in [0.1, 0.15) is 39.5 Å². The van der Waals surface area contributed by atoms with Crippen LogP contribution in [-0.4, -0.2) is 43.2 Å². The van der Waals surface area contributed by atoms with Crippen LogP contribution in [0, 0.1) is 13.8 Å². The van der Waals surface area contributed by atoms with Crippen molar-refractivity contribution in [3.8, 4) is 11.6 Å². The zero-order valence-corrected chi connectivity index (χ0v) is 18.9. The van der Waals surface area contributed by atoms with Gasteiger partial charge in [-0.05, 0) is 56.2 Å². The molecule has 1 atom stereocenters. The number of nitrogens with one attached hydrogen (secondary N) is 1. The van der Waals surface area contributed by atoms with Crippen LogP contribution in [-0.2, 0) is 13.0 Å². The predicted octanol–water partition coefficient (Wildman–Crippen LogP) is 4.34. The minimum Gasteiger partial charge on any atom is -0.497 e. The van der Waals surface area contributed by atoms with Crippen molar-refractivity contribution in [3.05, 3.63) is 63.8 Å². The van der Waals surface area contributed by atoms with Crippen molar-refractivity contribution in [3.63, 3.8) is 0 Å². The van der Waals surface area contributed by atoms with Crippen molar-refractivity contribution >= 4 is 27.2 Å². The molecule has 0 aliphatic carbocycles. The summed E-state index contributed by atoms with van der Waals surface area (Å²) in [6.07, 6.45) is 0.888. The van der Waals surface area contributed by atoms with Gasteiger partial charge < -0.3 is 19.2 Å². The summed E-state index contributed by atoms with van der Waals surface area (Å²) in [5.41, 5.74) is 3.62. The summed E-state index contributed by atoms with van der Waals surface area (Å²) < 4.78 is 13.0. The number of hydrogen-bond acceptors (Lipinski definition) is 7. The molecule has 6 rings (SSSR count). The van der Waals surface area contributed by atoms with Gasteiger partial charge in [-0.2, -0.15) is 4.52 Å². The lowest BCUT2D eigenvalue weighted by Crippen LogP contribution is -2.34. The van der Waals surface area contributed by atoms with Crippen LogP contribution in [0.5, 0.6) is 11.6 Å². The number of furan rings is 1. The molecule has 1 aliphatic heterocycles. The third-order valence-electron chi connectivity index (χ3n) is 6.16. The van der Waals surface area contributed by atoms with Gasteiger partial charge in [-0.15, -0.1) is 5.10 Å². The van der Waals surface area contributed by atoms with Gasteiger partial charge in [0.25, 0.3) is 0 Å². The second-order valence-corrected chi connectivity index (χ2v) is 9.22. The smallest absolute Gasteiger partial charge is 0.230 e. The van der Waals surface area contributed by atoms with E-state index in [1.165, 1.54) is 32.5 Å². The van der Waals surface area contributed by atoms with Crippen molar-refractivity contribution in [2.45, 2.75) is 32.9 Å².